The Balaban J connectivity index is 1.81. The van der Waals surface area contributed by atoms with E-state index in [1.165, 1.54) is 32.1 Å². The van der Waals surface area contributed by atoms with Gasteiger partial charge in [0.05, 0.1) is 12.8 Å². The van der Waals surface area contributed by atoms with Crippen molar-refractivity contribution in [1.29, 1.82) is 0 Å². The van der Waals surface area contributed by atoms with E-state index in [9.17, 15) is 0 Å². The zero-order valence-electron chi connectivity index (χ0n) is 9.54. The van der Waals surface area contributed by atoms with Crippen molar-refractivity contribution < 1.29 is 4.42 Å². The zero-order valence-corrected chi connectivity index (χ0v) is 9.54. The van der Waals surface area contributed by atoms with Crippen molar-refractivity contribution in [2.45, 2.75) is 51.6 Å². The first-order chi connectivity index (χ1) is 7.40. The molecule has 1 aliphatic carbocycles. The Bertz CT molecular complexity index is 268. The molecule has 2 unspecified atom stereocenters. The SMILES string of the molecule is CCC1CCCCC1NCc1ccco1. The van der Waals surface area contributed by atoms with Gasteiger partial charge < -0.3 is 9.73 Å². The Morgan fingerprint density at radius 3 is 3.00 bits per heavy atom. The molecule has 2 heteroatoms. The summed E-state index contributed by atoms with van der Waals surface area (Å²) in [5.74, 6) is 1.92. The molecule has 1 aliphatic rings. The molecule has 2 rings (SSSR count). The van der Waals surface area contributed by atoms with Gasteiger partial charge in [-0.1, -0.05) is 26.2 Å². The van der Waals surface area contributed by atoms with Crippen LogP contribution in [-0.4, -0.2) is 6.04 Å². The molecular weight excluding hydrogens is 186 g/mol. The van der Waals surface area contributed by atoms with E-state index >= 15 is 0 Å². The van der Waals surface area contributed by atoms with Crippen molar-refractivity contribution in [3.05, 3.63) is 24.2 Å². The highest BCUT2D eigenvalue weighted by atomic mass is 16.3. The van der Waals surface area contributed by atoms with Gasteiger partial charge in [-0.3, -0.25) is 0 Å². The molecule has 84 valence electrons. The van der Waals surface area contributed by atoms with E-state index in [-0.39, 0.29) is 0 Å². The molecule has 0 spiro atoms. The summed E-state index contributed by atoms with van der Waals surface area (Å²) in [5, 5.41) is 3.63. The molecule has 1 fully saturated rings. The highest BCUT2D eigenvalue weighted by molar-refractivity contribution is 4.98. The summed E-state index contributed by atoms with van der Waals surface area (Å²) in [6.45, 7) is 3.19. The average molecular weight is 207 g/mol. The van der Waals surface area contributed by atoms with Crippen molar-refractivity contribution in [2.75, 3.05) is 0 Å². The Morgan fingerprint density at radius 2 is 2.27 bits per heavy atom. The highest BCUT2D eigenvalue weighted by Gasteiger charge is 2.22. The maximum absolute atomic E-state index is 5.33. The normalized spacial score (nSPS) is 26.7. The van der Waals surface area contributed by atoms with Crippen molar-refractivity contribution >= 4 is 0 Å². The molecule has 0 amide bonds. The van der Waals surface area contributed by atoms with Crippen LogP contribution in [0.3, 0.4) is 0 Å². The third kappa shape index (κ3) is 2.85. The molecule has 1 saturated carbocycles. The minimum Gasteiger partial charge on any atom is -0.468 e. The van der Waals surface area contributed by atoms with Gasteiger partial charge in [-0.25, -0.2) is 0 Å². The maximum Gasteiger partial charge on any atom is 0.117 e. The summed E-state index contributed by atoms with van der Waals surface area (Å²) in [5.41, 5.74) is 0. The first-order valence-corrected chi connectivity index (χ1v) is 6.16. The van der Waals surface area contributed by atoms with Crippen LogP contribution in [0, 0.1) is 5.92 Å². The molecule has 1 aromatic heterocycles. The Morgan fingerprint density at radius 1 is 1.40 bits per heavy atom. The summed E-state index contributed by atoms with van der Waals surface area (Å²) in [6.07, 6.45) is 8.57. The molecule has 15 heavy (non-hydrogen) atoms. The quantitative estimate of drug-likeness (QED) is 0.819. The molecule has 1 aromatic rings. The molecule has 0 bridgehead atoms. The van der Waals surface area contributed by atoms with Crippen molar-refractivity contribution in [1.82, 2.24) is 5.32 Å². The first kappa shape index (κ1) is 10.7. The van der Waals surface area contributed by atoms with E-state index in [4.69, 9.17) is 4.42 Å². The van der Waals surface area contributed by atoms with Gasteiger partial charge in [-0.15, -0.1) is 0 Å². The minimum atomic E-state index is 0.703. The van der Waals surface area contributed by atoms with Gasteiger partial charge in [-0.2, -0.15) is 0 Å². The number of hydrogen-bond acceptors (Lipinski definition) is 2. The van der Waals surface area contributed by atoms with Crippen LogP contribution in [0.2, 0.25) is 0 Å². The maximum atomic E-state index is 5.33. The van der Waals surface area contributed by atoms with Gasteiger partial charge in [-0.05, 0) is 30.9 Å². The van der Waals surface area contributed by atoms with Crippen molar-refractivity contribution in [2.24, 2.45) is 5.92 Å². The fourth-order valence-electron chi connectivity index (χ4n) is 2.61. The lowest BCUT2D eigenvalue weighted by Gasteiger charge is -2.31. The largest absolute Gasteiger partial charge is 0.468 e. The number of furan rings is 1. The van der Waals surface area contributed by atoms with Gasteiger partial charge in [0.15, 0.2) is 0 Å². The van der Waals surface area contributed by atoms with Gasteiger partial charge in [0.1, 0.15) is 5.76 Å². The van der Waals surface area contributed by atoms with Crippen LogP contribution in [0.1, 0.15) is 44.8 Å². The highest BCUT2D eigenvalue weighted by Crippen LogP contribution is 2.26. The molecular formula is C13H21NO. The second-order valence-electron chi connectivity index (χ2n) is 4.52. The number of hydrogen-bond donors (Lipinski definition) is 1. The summed E-state index contributed by atoms with van der Waals surface area (Å²) in [4.78, 5) is 0. The summed E-state index contributed by atoms with van der Waals surface area (Å²) in [7, 11) is 0. The fraction of sp³-hybridized carbons (Fsp3) is 0.692. The second-order valence-corrected chi connectivity index (χ2v) is 4.52. The molecule has 0 aromatic carbocycles. The van der Waals surface area contributed by atoms with E-state index in [1.54, 1.807) is 6.26 Å². The van der Waals surface area contributed by atoms with Crippen LogP contribution < -0.4 is 5.32 Å². The molecule has 0 aliphatic heterocycles. The lowest BCUT2D eigenvalue weighted by atomic mass is 9.83. The van der Waals surface area contributed by atoms with Crippen LogP contribution in [0.25, 0.3) is 0 Å². The molecule has 2 atom stereocenters. The van der Waals surface area contributed by atoms with E-state index in [0.29, 0.717) is 6.04 Å². The third-order valence-electron chi connectivity index (χ3n) is 3.55. The topological polar surface area (TPSA) is 25.2 Å². The summed E-state index contributed by atoms with van der Waals surface area (Å²) >= 11 is 0. The Kier molecular flexibility index (Phi) is 3.84. The monoisotopic (exact) mass is 207 g/mol. The summed E-state index contributed by atoms with van der Waals surface area (Å²) in [6, 6.07) is 4.69. The standard InChI is InChI=1S/C13H21NO/c1-2-11-6-3-4-8-13(11)14-10-12-7-5-9-15-12/h5,7,9,11,13-14H,2-4,6,8,10H2,1H3. The molecule has 2 nitrogen and oxygen atoms in total. The second kappa shape index (κ2) is 5.36. The number of nitrogens with one attached hydrogen (secondary N) is 1. The Hall–Kier alpha value is -0.760. The molecule has 0 radical (unpaired) electrons. The zero-order chi connectivity index (χ0) is 10.5. The smallest absolute Gasteiger partial charge is 0.117 e. The van der Waals surface area contributed by atoms with E-state index in [0.717, 1.165) is 18.2 Å². The lowest BCUT2D eigenvalue weighted by molar-refractivity contribution is 0.249. The van der Waals surface area contributed by atoms with Crippen molar-refractivity contribution in [3.8, 4) is 0 Å². The van der Waals surface area contributed by atoms with Crippen LogP contribution in [-0.2, 0) is 6.54 Å². The van der Waals surface area contributed by atoms with E-state index in [1.807, 2.05) is 12.1 Å². The summed E-state index contributed by atoms with van der Waals surface area (Å²) < 4.78 is 5.33. The number of rotatable bonds is 4. The lowest BCUT2D eigenvalue weighted by Crippen LogP contribution is -2.37. The van der Waals surface area contributed by atoms with Gasteiger partial charge in [0.2, 0.25) is 0 Å². The molecule has 0 saturated heterocycles. The first-order valence-electron chi connectivity index (χ1n) is 6.16. The van der Waals surface area contributed by atoms with Crippen LogP contribution in [0.5, 0.6) is 0 Å². The van der Waals surface area contributed by atoms with E-state index in [2.05, 4.69) is 12.2 Å². The van der Waals surface area contributed by atoms with Gasteiger partial charge in [0.25, 0.3) is 0 Å². The predicted molar refractivity (Wildman–Crippen MR) is 61.6 cm³/mol. The predicted octanol–water partition coefficient (Wildman–Crippen LogP) is 3.34. The minimum absolute atomic E-state index is 0.703. The fourth-order valence-corrected chi connectivity index (χ4v) is 2.61. The van der Waals surface area contributed by atoms with Crippen LogP contribution >= 0.6 is 0 Å². The Labute approximate surface area is 92.1 Å². The van der Waals surface area contributed by atoms with Gasteiger partial charge in [0, 0.05) is 6.04 Å². The third-order valence-corrected chi connectivity index (χ3v) is 3.55. The van der Waals surface area contributed by atoms with Crippen LogP contribution in [0.4, 0.5) is 0 Å². The average Bonchev–Trinajstić information content (AvgIpc) is 2.79. The van der Waals surface area contributed by atoms with Gasteiger partial charge >= 0.3 is 0 Å². The van der Waals surface area contributed by atoms with Crippen LogP contribution in [0.15, 0.2) is 22.8 Å². The van der Waals surface area contributed by atoms with E-state index < -0.39 is 0 Å². The molecule has 1 N–H and O–H groups in total. The molecule has 1 heterocycles. The van der Waals surface area contributed by atoms with Crippen molar-refractivity contribution in [3.63, 3.8) is 0 Å².